The summed E-state index contributed by atoms with van der Waals surface area (Å²) >= 11 is 0. The molecule has 204 valence electrons. The van der Waals surface area contributed by atoms with Crippen LogP contribution < -0.4 is 0 Å². The highest BCUT2D eigenvalue weighted by Crippen LogP contribution is 2.43. The highest BCUT2D eigenvalue weighted by molar-refractivity contribution is 5.74. The molecule has 2 saturated heterocycles. The Balaban J connectivity index is 0.000000383. The summed E-state index contributed by atoms with van der Waals surface area (Å²) < 4.78 is 69.4. The fourth-order valence-corrected chi connectivity index (χ4v) is 3.95. The van der Waals surface area contributed by atoms with E-state index >= 15 is 0 Å². The zero-order valence-electron chi connectivity index (χ0n) is 19.5. The summed E-state index contributed by atoms with van der Waals surface area (Å²) in [5.41, 5.74) is 1.18. The number of alkyl halides is 6. The monoisotopic (exact) mass is 531 g/mol. The molecule has 15 heteroatoms. The molecule has 0 aliphatic carbocycles. The van der Waals surface area contributed by atoms with Crippen molar-refractivity contribution in [1.82, 2.24) is 14.8 Å². The van der Waals surface area contributed by atoms with E-state index in [9.17, 15) is 31.1 Å². The molecule has 2 aliphatic rings. The second-order valence-electron chi connectivity index (χ2n) is 8.39. The van der Waals surface area contributed by atoms with E-state index in [1.807, 2.05) is 23.1 Å². The third-order valence-electron chi connectivity index (χ3n) is 5.59. The first-order chi connectivity index (χ1) is 16.5. The first-order valence-corrected chi connectivity index (χ1v) is 10.5. The van der Waals surface area contributed by atoms with Gasteiger partial charge in [0.25, 0.3) is 0 Å². The Labute approximate surface area is 202 Å². The van der Waals surface area contributed by atoms with E-state index in [-0.39, 0.29) is 11.3 Å². The lowest BCUT2D eigenvalue weighted by Crippen LogP contribution is -2.37. The van der Waals surface area contributed by atoms with E-state index in [4.69, 9.17) is 24.5 Å². The fourth-order valence-electron chi connectivity index (χ4n) is 3.95. The predicted octanol–water partition coefficient (Wildman–Crippen LogP) is 2.66. The molecule has 1 aromatic heterocycles. The molecule has 3 heterocycles. The van der Waals surface area contributed by atoms with Crippen LogP contribution in [0.1, 0.15) is 19.0 Å². The van der Waals surface area contributed by atoms with Gasteiger partial charge >= 0.3 is 24.3 Å². The van der Waals surface area contributed by atoms with Crippen LogP contribution in [0.25, 0.3) is 0 Å². The zero-order chi connectivity index (χ0) is 27.7. The number of pyridine rings is 1. The topological polar surface area (TPSA) is 120 Å². The van der Waals surface area contributed by atoms with Crippen molar-refractivity contribution in [2.24, 2.45) is 11.3 Å². The summed E-state index contributed by atoms with van der Waals surface area (Å²) in [7, 11) is 2.16. The minimum Gasteiger partial charge on any atom is -0.475 e. The van der Waals surface area contributed by atoms with Gasteiger partial charge in [-0.1, -0.05) is 6.07 Å². The number of hydrogen-bond donors (Lipinski definition) is 2. The largest absolute Gasteiger partial charge is 0.490 e. The van der Waals surface area contributed by atoms with Crippen LogP contribution in [0.2, 0.25) is 0 Å². The summed E-state index contributed by atoms with van der Waals surface area (Å²) in [5.74, 6) is -4.83. The summed E-state index contributed by atoms with van der Waals surface area (Å²) in [4.78, 5) is 38.1. The number of halogens is 6. The lowest BCUT2D eigenvalue weighted by atomic mass is 9.77. The maximum Gasteiger partial charge on any atom is 0.490 e. The van der Waals surface area contributed by atoms with E-state index in [0.717, 1.165) is 44.9 Å². The first kappa shape index (κ1) is 31.1. The van der Waals surface area contributed by atoms with E-state index < -0.39 is 24.3 Å². The minimum absolute atomic E-state index is 0.194. The summed E-state index contributed by atoms with van der Waals surface area (Å²) in [6, 6.07) is 5.89. The summed E-state index contributed by atoms with van der Waals surface area (Å²) in [6.45, 7) is 6.86. The number of carboxylic acid groups (broad SMARTS) is 2. The highest BCUT2D eigenvalue weighted by Gasteiger charge is 2.50. The number of carbonyl (C=O) groups is 3. The number of amides is 1. The normalized spacial score (nSPS) is 21.9. The zero-order valence-corrected chi connectivity index (χ0v) is 19.5. The van der Waals surface area contributed by atoms with Crippen LogP contribution in [0.4, 0.5) is 26.3 Å². The van der Waals surface area contributed by atoms with Gasteiger partial charge in [-0.25, -0.2) is 9.59 Å². The molecule has 3 rings (SSSR count). The molecule has 9 nitrogen and oxygen atoms in total. The molecule has 2 N–H and O–H groups in total. The molecule has 2 aliphatic heterocycles. The Morgan fingerprint density at radius 2 is 1.64 bits per heavy atom. The van der Waals surface area contributed by atoms with E-state index in [1.54, 1.807) is 13.1 Å². The number of aliphatic carboxylic acids is 2. The van der Waals surface area contributed by atoms with Gasteiger partial charge < -0.3 is 24.7 Å². The molecule has 1 aromatic rings. The van der Waals surface area contributed by atoms with E-state index in [1.165, 1.54) is 0 Å². The van der Waals surface area contributed by atoms with Gasteiger partial charge in [0.15, 0.2) is 0 Å². The number of aromatic nitrogens is 1. The van der Waals surface area contributed by atoms with Crippen molar-refractivity contribution in [3.8, 4) is 0 Å². The third-order valence-corrected chi connectivity index (χ3v) is 5.59. The smallest absolute Gasteiger partial charge is 0.475 e. The molecule has 2 atom stereocenters. The standard InChI is InChI=1S/C17H25N3O2.2C2HF3O2/c1-14(21)20-8-6-17(13-20)12-19(2)9-15(17)10-22-11-16-5-3-4-7-18-16;2*3-2(4,5)1(6)7/h3-5,7,15H,6,8-13H2,1-2H3;2*(H,6,7)/t15-,17+;;/m0../s1. The molecule has 0 unspecified atom stereocenters. The van der Waals surface area contributed by atoms with Crippen LogP contribution in [0, 0.1) is 11.3 Å². The Morgan fingerprint density at radius 3 is 2.06 bits per heavy atom. The highest BCUT2D eigenvalue weighted by atomic mass is 19.4. The molecule has 0 radical (unpaired) electrons. The average Bonchev–Trinajstić information content (AvgIpc) is 3.31. The second-order valence-corrected chi connectivity index (χ2v) is 8.39. The molecule has 0 saturated carbocycles. The number of ether oxygens (including phenoxy) is 1. The molecule has 1 spiro atoms. The van der Waals surface area contributed by atoms with Crippen molar-refractivity contribution in [2.75, 3.05) is 39.8 Å². The maximum atomic E-state index is 11.6. The average molecular weight is 531 g/mol. The molecular formula is C21H27F6N3O6. The first-order valence-electron chi connectivity index (χ1n) is 10.5. The van der Waals surface area contributed by atoms with Gasteiger partial charge in [-0.2, -0.15) is 26.3 Å². The van der Waals surface area contributed by atoms with Crippen molar-refractivity contribution in [1.29, 1.82) is 0 Å². The predicted molar refractivity (Wildman–Crippen MR) is 112 cm³/mol. The number of rotatable bonds is 4. The molecule has 2 fully saturated rings. The number of carboxylic acids is 2. The second kappa shape index (κ2) is 12.9. The van der Waals surface area contributed by atoms with Crippen molar-refractivity contribution < 1.29 is 55.7 Å². The van der Waals surface area contributed by atoms with Crippen LogP contribution in [0.5, 0.6) is 0 Å². The lowest BCUT2D eigenvalue weighted by Gasteiger charge is -2.30. The van der Waals surface area contributed by atoms with Crippen LogP contribution in [-0.2, 0) is 25.7 Å². The van der Waals surface area contributed by atoms with E-state index in [0.29, 0.717) is 12.5 Å². The van der Waals surface area contributed by atoms with Crippen LogP contribution >= 0.6 is 0 Å². The van der Waals surface area contributed by atoms with Crippen LogP contribution in [0.15, 0.2) is 24.4 Å². The number of carbonyl (C=O) groups excluding carboxylic acids is 1. The Hall–Kier alpha value is -2.94. The Morgan fingerprint density at radius 1 is 1.08 bits per heavy atom. The van der Waals surface area contributed by atoms with Gasteiger partial charge in [0.05, 0.1) is 18.9 Å². The molecule has 0 aromatic carbocycles. The number of hydrogen-bond acceptors (Lipinski definition) is 6. The minimum atomic E-state index is -5.08. The van der Waals surface area contributed by atoms with Crippen molar-refractivity contribution in [2.45, 2.75) is 32.3 Å². The summed E-state index contributed by atoms with van der Waals surface area (Å²) in [6.07, 6.45) is -7.28. The SMILES string of the molecule is CC(=O)N1CC[C@@]2(CN(C)C[C@H]2COCc2ccccn2)C1.O=C(O)C(F)(F)F.O=C(O)C(F)(F)F. The molecule has 0 bridgehead atoms. The van der Waals surface area contributed by atoms with Crippen molar-refractivity contribution in [3.05, 3.63) is 30.1 Å². The van der Waals surface area contributed by atoms with Gasteiger partial charge in [-0.15, -0.1) is 0 Å². The maximum absolute atomic E-state index is 11.6. The van der Waals surface area contributed by atoms with Gasteiger partial charge in [0, 0.05) is 50.6 Å². The molecular weight excluding hydrogens is 504 g/mol. The lowest BCUT2D eigenvalue weighted by molar-refractivity contribution is -0.193. The van der Waals surface area contributed by atoms with Gasteiger partial charge in [-0.05, 0) is 25.6 Å². The third kappa shape index (κ3) is 9.97. The summed E-state index contributed by atoms with van der Waals surface area (Å²) in [5, 5.41) is 14.2. The van der Waals surface area contributed by atoms with Gasteiger partial charge in [0.1, 0.15) is 0 Å². The van der Waals surface area contributed by atoms with Gasteiger partial charge in [0.2, 0.25) is 5.91 Å². The van der Waals surface area contributed by atoms with Crippen LogP contribution in [0.3, 0.4) is 0 Å². The van der Waals surface area contributed by atoms with Crippen molar-refractivity contribution >= 4 is 17.8 Å². The quantitative estimate of drug-likeness (QED) is 0.570. The number of likely N-dealkylation sites (tertiary alicyclic amines) is 2. The van der Waals surface area contributed by atoms with Crippen molar-refractivity contribution in [3.63, 3.8) is 0 Å². The Kier molecular flexibility index (Phi) is 11.1. The molecule has 36 heavy (non-hydrogen) atoms. The van der Waals surface area contributed by atoms with E-state index in [2.05, 4.69) is 16.9 Å². The Bertz CT molecular complexity index is 859. The van der Waals surface area contributed by atoms with Gasteiger partial charge in [-0.3, -0.25) is 9.78 Å². The fraction of sp³-hybridized carbons (Fsp3) is 0.619. The van der Waals surface area contributed by atoms with Crippen LogP contribution in [-0.4, -0.2) is 95.0 Å². The molecule has 1 amide bonds. The number of nitrogens with zero attached hydrogens (tertiary/aromatic N) is 3.